The van der Waals surface area contributed by atoms with Crippen LogP contribution in [0.1, 0.15) is 46.1 Å². The van der Waals surface area contributed by atoms with Crippen molar-refractivity contribution >= 4 is 15.9 Å². The Kier molecular flexibility index (Phi) is 5.79. The van der Waals surface area contributed by atoms with Crippen LogP contribution in [-0.2, 0) is 5.60 Å². The third-order valence-corrected chi connectivity index (χ3v) is 4.71. The van der Waals surface area contributed by atoms with Gasteiger partial charge >= 0.3 is 0 Å². The Morgan fingerprint density at radius 1 is 1.25 bits per heavy atom. The fraction of sp³-hybridized carbons (Fsp3) is 0.444. The molecule has 0 aliphatic heterocycles. The van der Waals surface area contributed by atoms with Gasteiger partial charge in [-0.3, -0.25) is 0 Å². The summed E-state index contributed by atoms with van der Waals surface area (Å²) in [6, 6.07) is 7.85. The molecule has 1 nitrogen and oxygen atoms in total. The second-order valence-corrected chi connectivity index (χ2v) is 6.94. The van der Waals surface area contributed by atoms with Crippen molar-refractivity contribution in [2.24, 2.45) is 5.41 Å². The van der Waals surface area contributed by atoms with Gasteiger partial charge in [0.15, 0.2) is 0 Å². The predicted molar refractivity (Wildman–Crippen MR) is 90.7 cm³/mol. The van der Waals surface area contributed by atoms with Crippen LogP contribution in [0.15, 0.2) is 53.0 Å². The first kappa shape index (κ1) is 17.2. The number of hydrogen-bond donors (Lipinski definition) is 1. The van der Waals surface area contributed by atoms with Crippen LogP contribution in [0.25, 0.3) is 0 Å². The van der Waals surface area contributed by atoms with Crippen molar-refractivity contribution in [3.05, 3.63) is 58.6 Å². The van der Waals surface area contributed by atoms with Gasteiger partial charge in [0.1, 0.15) is 0 Å². The zero-order valence-corrected chi connectivity index (χ0v) is 14.5. The van der Waals surface area contributed by atoms with E-state index in [1.54, 1.807) is 0 Å². The lowest BCUT2D eigenvalue weighted by atomic mass is 9.68. The Balaban J connectivity index is 3.03. The summed E-state index contributed by atoms with van der Waals surface area (Å²) in [5, 5.41) is 11.1. The summed E-state index contributed by atoms with van der Waals surface area (Å²) in [7, 11) is 0. The van der Waals surface area contributed by atoms with Gasteiger partial charge in [0.05, 0.1) is 5.60 Å². The molecular weight excluding hydrogens is 312 g/mol. The minimum atomic E-state index is -0.940. The quantitative estimate of drug-likeness (QED) is 0.670. The van der Waals surface area contributed by atoms with Crippen LogP contribution < -0.4 is 0 Å². The SMILES string of the molecule is C=C[C@](C)(CCC=C(C)C)[C@](C)(O)c1ccc(Br)cc1. The molecule has 1 aromatic carbocycles. The third-order valence-electron chi connectivity index (χ3n) is 4.19. The molecule has 0 aliphatic carbocycles. The lowest BCUT2D eigenvalue weighted by Crippen LogP contribution is -2.40. The van der Waals surface area contributed by atoms with Crippen LogP contribution in [0.2, 0.25) is 0 Å². The number of aliphatic hydroxyl groups is 1. The molecule has 0 unspecified atom stereocenters. The van der Waals surface area contributed by atoms with E-state index in [0.717, 1.165) is 22.9 Å². The number of rotatable bonds is 6. The summed E-state index contributed by atoms with van der Waals surface area (Å²) in [4.78, 5) is 0. The van der Waals surface area contributed by atoms with Crippen LogP contribution in [0, 0.1) is 5.41 Å². The lowest BCUT2D eigenvalue weighted by molar-refractivity contribution is -0.0440. The fourth-order valence-corrected chi connectivity index (χ4v) is 2.57. The van der Waals surface area contributed by atoms with E-state index in [0.29, 0.717) is 0 Å². The van der Waals surface area contributed by atoms with Crippen LogP contribution >= 0.6 is 15.9 Å². The zero-order valence-electron chi connectivity index (χ0n) is 12.9. The van der Waals surface area contributed by atoms with E-state index in [1.165, 1.54) is 5.57 Å². The Labute approximate surface area is 131 Å². The molecule has 0 spiro atoms. The van der Waals surface area contributed by atoms with E-state index in [2.05, 4.69) is 49.4 Å². The normalized spacial score (nSPS) is 16.9. The summed E-state index contributed by atoms with van der Waals surface area (Å²) in [5.41, 5.74) is 0.914. The molecule has 110 valence electrons. The van der Waals surface area contributed by atoms with E-state index >= 15 is 0 Å². The van der Waals surface area contributed by atoms with Crippen molar-refractivity contribution in [2.45, 2.75) is 46.1 Å². The zero-order chi connectivity index (χ0) is 15.4. The van der Waals surface area contributed by atoms with E-state index in [9.17, 15) is 5.11 Å². The van der Waals surface area contributed by atoms with Crippen LogP contribution in [0.5, 0.6) is 0 Å². The monoisotopic (exact) mass is 336 g/mol. The number of benzene rings is 1. The molecule has 20 heavy (non-hydrogen) atoms. The van der Waals surface area contributed by atoms with E-state index in [1.807, 2.05) is 37.3 Å². The van der Waals surface area contributed by atoms with Gasteiger partial charge < -0.3 is 5.11 Å². The molecular formula is C18H25BrO. The van der Waals surface area contributed by atoms with Crippen molar-refractivity contribution in [3.8, 4) is 0 Å². The van der Waals surface area contributed by atoms with Gasteiger partial charge in [-0.1, -0.05) is 52.7 Å². The average Bonchev–Trinajstić information content (AvgIpc) is 2.38. The molecule has 0 saturated heterocycles. The first-order valence-electron chi connectivity index (χ1n) is 6.98. The maximum atomic E-state index is 11.1. The highest BCUT2D eigenvalue weighted by molar-refractivity contribution is 9.10. The molecule has 2 heteroatoms. The van der Waals surface area contributed by atoms with Crippen LogP contribution in [0.4, 0.5) is 0 Å². The molecule has 0 aromatic heterocycles. The lowest BCUT2D eigenvalue weighted by Gasteiger charge is -2.41. The van der Waals surface area contributed by atoms with E-state index in [-0.39, 0.29) is 5.41 Å². The molecule has 0 bridgehead atoms. The summed E-state index contributed by atoms with van der Waals surface area (Å²) >= 11 is 3.43. The first-order valence-corrected chi connectivity index (χ1v) is 7.77. The smallest absolute Gasteiger partial charge is 0.0956 e. The standard InChI is InChI=1S/C18H25BrO/c1-6-17(4,13-7-8-14(2)3)18(5,20)15-9-11-16(19)12-10-15/h6,8-12,20H,1,7,13H2,2-5H3/t17-,18-/m1/s1. The Hall–Kier alpha value is -0.860. The topological polar surface area (TPSA) is 20.2 Å². The Bertz CT molecular complexity index is 481. The van der Waals surface area contributed by atoms with Gasteiger partial charge in [0.2, 0.25) is 0 Å². The average molecular weight is 337 g/mol. The molecule has 2 atom stereocenters. The van der Waals surface area contributed by atoms with Crippen LogP contribution in [0.3, 0.4) is 0 Å². The van der Waals surface area contributed by atoms with Crippen molar-refractivity contribution in [3.63, 3.8) is 0 Å². The van der Waals surface area contributed by atoms with Gasteiger partial charge in [-0.25, -0.2) is 0 Å². The highest BCUT2D eigenvalue weighted by Crippen LogP contribution is 2.44. The second-order valence-electron chi connectivity index (χ2n) is 6.02. The van der Waals surface area contributed by atoms with Gasteiger partial charge in [0, 0.05) is 9.89 Å². The van der Waals surface area contributed by atoms with Gasteiger partial charge in [-0.15, -0.1) is 6.58 Å². The minimum Gasteiger partial charge on any atom is -0.385 e. The molecule has 1 aromatic rings. The van der Waals surface area contributed by atoms with Crippen LogP contribution in [-0.4, -0.2) is 5.11 Å². The molecule has 0 saturated carbocycles. The highest BCUT2D eigenvalue weighted by Gasteiger charge is 2.41. The molecule has 0 aliphatic rings. The van der Waals surface area contributed by atoms with Gasteiger partial charge in [0.25, 0.3) is 0 Å². The maximum Gasteiger partial charge on any atom is 0.0956 e. The molecule has 0 radical (unpaired) electrons. The second kappa shape index (κ2) is 6.73. The molecule has 0 fully saturated rings. The molecule has 1 N–H and O–H groups in total. The van der Waals surface area contributed by atoms with E-state index in [4.69, 9.17) is 0 Å². The summed E-state index contributed by atoms with van der Waals surface area (Å²) in [6.07, 6.45) is 5.90. The van der Waals surface area contributed by atoms with Gasteiger partial charge in [-0.2, -0.15) is 0 Å². The highest BCUT2D eigenvalue weighted by atomic mass is 79.9. The molecule has 0 heterocycles. The fourth-order valence-electron chi connectivity index (χ4n) is 2.31. The number of hydrogen-bond acceptors (Lipinski definition) is 1. The Morgan fingerprint density at radius 2 is 1.80 bits per heavy atom. The predicted octanol–water partition coefficient (Wildman–Crippen LogP) is 5.60. The first-order chi connectivity index (χ1) is 9.23. The number of allylic oxidation sites excluding steroid dienone is 2. The number of halogens is 1. The van der Waals surface area contributed by atoms with Crippen molar-refractivity contribution in [1.82, 2.24) is 0 Å². The van der Waals surface area contributed by atoms with Gasteiger partial charge in [-0.05, 0) is 51.3 Å². The summed E-state index contributed by atoms with van der Waals surface area (Å²) < 4.78 is 1.02. The third kappa shape index (κ3) is 3.83. The minimum absolute atomic E-state index is 0.368. The van der Waals surface area contributed by atoms with Crippen molar-refractivity contribution in [2.75, 3.05) is 0 Å². The maximum absolute atomic E-state index is 11.1. The van der Waals surface area contributed by atoms with Crippen molar-refractivity contribution in [1.29, 1.82) is 0 Å². The Morgan fingerprint density at radius 3 is 2.25 bits per heavy atom. The summed E-state index contributed by atoms with van der Waals surface area (Å²) in [5.74, 6) is 0. The van der Waals surface area contributed by atoms with E-state index < -0.39 is 5.60 Å². The van der Waals surface area contributed by atoms with Crippen molar-refractivity contribution < 1.29 is 5.11 Å². The summed E-state index contributed by atoms with van der Waals surface area (Å²) in [6.45, 7) is 12.1. The molecule has 0 amide bonds. The largest absolute Gasteiger partial charge is 0.385 e. The molecule has 1 rings (SSSR count).